The highest BCUT2D eigenvalue weighted by atomic mass is 16.6. The van der Waals surface area contributed by atoms with Gasteiger partial charge in [-0.25, -0.2) is 0 Å². The molecule has 3 aliphatic heterocycles. The van der Waals surface area contributed by atoms with Crippen LogP contribution in [0.15, 0.2) is 5.16 Å². The Morgan fingerprint density at radius 1 is 1.32 bits per heavy atom. The predicted molar refractivity (Wildman–Crippen MR) is 73.0 cm³/mol. The van der Waals surface area contributed by atoms with Crippen molar-refractivity contribution in [3.8, 4) is 0 Å². The molecule has 106 valence electrons. The summed E-state index contributed by atoms with van der Waals surface area (Å²) < 4.78 is 0. The molecule has 2 fully saturated rings. The molecule has 0 radical (unpaired) electrons. The van der Waals surface area contributed by atoms with Gasteiger partial charge >= 0.3 is 0 Å². The fraction of sp³-hybridized carbons (Fsp3) is 0.857. The first-order chi connectivity index (χ1) is 9.24. The summed E-state index contributed by atoms with van der Waals surface area (Å²) in [4.78, 5) is 21.5. The standard InChI is InChI=1S/C14H23N3O2/c1-11(16-6-2-3-7-16)13-9-12(19-15-13)10-17-8-4-5-14(17)18/h11-12H,2-10H2,1H3. The fourth-order valence-electron chi connectivity index (χ4n) is 3.28. The molecule has 3 rings (SSSR count). The Hall–Kier alpha value is -1.10. The molecule has 3 heterocycles. The van der Waals surface area contributed by atoms with Gasteiger partial charge in [-0.1, -0.05) is 5.16 Å². The second-order valence-corrected chi connectivity index (χ2v) is 5.88. The maximum absolute atomic E-state index is 11.6. The van der Waals surface area contributed by atoms with Crippen molar-refractivity contribution >= 4 is 11.6 Å². The molecule has 1 amide bonds. The molecule has 2 unspecified atom stereocenters. The molecule has 0 aromatic rings. The monoisotopic (exact) mass is 265 g/mol. The van der Waals surface area contributed by atoms with Gasteiger partial charge in [0, 0.05) is 25.4 Å². The van der Waals surface area contributed by atoms with E-state index in [-0.39, 0.29) is 12.0 Å². The molecule has 0 aromatic carbocycles. The van der Waals surface area contributed by atoms with Gasteiger partial charge in [0.05, 0.1) is 12.3 Å². The first-order valence-electron chi connectivity index (χ1n) is 7.48. The van der Waals surface area contributed by atoms with Crippen LogP contribution in [0, 0.1) is 0 Å². The van der Waals surface area contributed by atoms with Crippen molar-refractivity contribution in [2.75, 3.05) is 26.2 Å². The summed E-state index contributed by atoms with van der Waals surface area (Å²) in [6.07, 6.45) is 5.23. The Labute approximate surface area is 114 Å². The van der Waals surface area contributed by atoms with Crippen LogP contribution in [0.1, 0.15) is 39.0 Å². The minimum absolute atomic E-state index is 0.0714. The molecule has 0 saturated carbocycles. The zero-order valence-corrected chi connectivity index (χ0v) is 11.7. The van der Waals surface area contributed by atoms with Gasteiger partial charge in [0.2, 0.25) is 5.91 Å². The smallest absolute Gasteiger partial charge is 0.222 e. The van der Waals surface area contributed by atoms with Crippen molar-refractivity contribution < 1.29 is 9.63 Å². The predicted octanol–water partition coefficient (Wildman–Crippen LogP) is 1.24. The van der Waals surface area contributed by atoms with Crippen molar-refractivity contribution in [1.82, 2.24) is 9.80 Å². The lowest BCUT2D eigenvalue weighted by Crippen LogP contribution is -2.38. The Kier molecular flexibility index (Phi) is 3.73. The summed E-state index contributed by atoms with van der Waals surface area (Å²) in [7, 11) is 0. The van der Waals surface area contributed by atoms with Gasteiger partial charge in [-0.2, -0.15) is 0 Å². The molecule has 5 nitrogen and oxygen atoms in total. The summed E-state index contributed by atoms with van der Waals surface area (Å²) in [6.45, 7) is 6.16. The van der Waals surface area contributed by atoms with Crippen molar-refractivity contribution in [2.45, 2.75) is 51.2 Å². The van der Waals surface area contributed by atoms with E-state index in [4.69, 9.17) is 4.84 Å². The molecular formula is C14H23N3O2. The molecule has 5 heteroatoms. The largest absolute Gasteiger partial charge is 0.390 e. The van der Waals surface area contributed by atoms with Crippen LogP contribution in [-0.4, -0.2) is 59.7 Å². The van der Waals surface area contributed by atoms with Crippen molar-refractivity contribution in [2.24, 2.45) is 5.16 Å². The third-order valence-electron chi connectivity index (χ3n) is 4.52. The summed E-state index contributed by atoms with van der Waals surface area (Å²) in [6, 6.07) is 0.391. The van der Waals surface area contributed by atoms with E-state index in [1.165, 1.54) is 25.9 Å². The Bertz CT molecular complexity index is 377. The number of oxime groups is 1. The lowest BCUT2D eigenvalue weighted by molar-refractivity contribution is -0.129. The average molecular weight is 265 g/mol. The van der Waals surface area contributed by atoms with E-state index in [0.717, 1.165) is 25.1 Å². The van der Waals surface area contributed by atoms with E-state index >= 15 is 0 Å². The van der Waals surface area contributed by atoms with Crippen LogP contribution < -0.4 is 0 Å². The molecule has 2 atom stereocenters. The van der Waals surface area contributed by atoms with Crippen LogP contribution in [0.25, 0.3) is 0 Å². The van der Waals surface area contributed by atoms with Crippen molar-refractivity contribution in [1.29, 1.82) is 0 Å². The average Bonchev–Trinajstić information content (AvgIpc) is 3.12. The molecule has 0 aromatic heterocycles. The Morgan fingerprint density at radius 2 is 2.11 bits per heavy atom. The first kappa shape index (κ1) is 12.9. The van der Waals surface area contributed by atoms with E-state index in [9.17, 15) is 4.79 Å². The number of amides is 1. The topological polar surface area (TPSA) is 45.1 Å². The van der Waals surface area contributed by atoms with Crippen molar-refractivity contribution in [3.05, 3.63) is 0 Å². The number of carbonyl (C=O) groups excluding carboxylic acids is 1. The molecular weight excluding hydrogens is 242 g/mol. The number of likely N-dealkylation sites (tertiary alicyclic amines) is 2. The van der Waals surface area contributed by atoms with E-state index in [2.05, 4.69) is 17.0 Å². The second-order valence-electron chi connectivity index (χ2n) is 5.88. The lowest BCUT2D eigenvalue weighted by atomic mass is 10.1. The second kappa shape index (κ2) is 5.49. The van der Waals surface area contributed by atoms with Gasteiger partial charge in [0.25, 0.3) is 0 Å². The third-order valence-corrected chi connectivity index (χ3v) is 4.52. The van der Waals surface area contributed by atoms with E-state index in [0.29, 0.717) is 19.0 Å². The highest BCUT2D eigenvalue weighted by molar-refractivity contribution is 5.90. The molecule has 0 bridgehead atoms. The third kappa shape index (κ3) is 2.76. The van der Waals surface area contributed by atoms with Gasteiger partial charge in [-0.05, 0) is 39.3 Å². The lowest BCUT2D eigenvalue weighted by Gasteiger charge is -2.23. The molecule has 0 spiro atoms. The SMILES string of the molecule is CC(C1=NOC(CN2CCCC2=O)C1)N1CCCC1. The highest BCUT2D eigenvalue weighted by Crippen LogP contribution is 2.21. The number of carbonyl (C=O) groups is 1. The first-order valence-corrected chi connectivity index (χ1v) is 7.48. The molecule has 0 N–H and O–H groups in total. The number of hydrogen-bond acceptors (Lipinski definition) is 4. The van der Waals surface area contributed by atoms with Crippen LogP contribution in [0.2, 0.25) is 0 Å². The molecule has 0 aliphatic carbocycles. The van der Waals surface area contributed by atoms with Crippen LogP contribution in [0.5, 0.6) is 0 Å². The van der Waals surface area contributed by atoms with Crippen LogP contribution in [-0.2, 0) is 9.63 Å². The van der Waals surface area contributed by atoms with Crippen LogP contribution in [0.3, 0.4) is 0 Å². The van der Waals surface area contributed by atoms with Gasteiger partial charge < -0.3 is 9.74 Å². The maximum Gasteiger partial charge on any atom is 0.222 e. The van der Waals surface area contributed by atoms with Gasteiger partial charge in [0.1, 0.15) is 6.10 Å². The number of nitrogens with zero attached hydrogens (tertiary/aromatic N) is 3. The van der Waals surface area contributed by atoms with E-state index in [1.54, 1.807) is 0 Å². The molecule has 2 saturated heterocycles. The molecule has 19 heavy (non-hydrogen) atoms. The number of hydrogen-bond donors (Lipinski definition) is 0. The van der Waals surface area contributed by atoms with Crippen LogP contribution >= 0.6 is 0 Å². The summed E-state index contributed by atoms with van der Waals surface area (Å²) in [5.41, 5.74) is 1.15. The van der Waals surface area contributed by atoms with Crippen LogP contribution in [0.4, 0.5) is 0 Å². The summed E-state index contributed by atoms with van der Waals surface area (Å²) in [5, 5.41) is 4.27. The summed E-state index contributed by atoms with van der Waals surface area (Å²) in [5.74, 6) is 0.268. The maximum atomic E-state index is 11.6. The van der Waals surface area contributed by atoms with Crippen molar-refractivity contribution in [3.63, 3.8) is 0 Å². The highest BCUT2D eigenvalue weighted by Gasteiger charge is 2.32. The zero-order chi connectivity index (χ0) is 13.2. The Balaban J connectivity index is 1.50. The number of rotatable bonds is 4. The molecule has 3 aliphatic rings. The normalized spacial score (nSPS) is 29.7. The van der Waals surface area contributed by atoms with E-state index < -0.39 is 0 Å². The van der Waals surface area contributed by atoms with E-state index in [1.807, 2.05) is 4.90 Å². The minimum atomic E-state index is 0.0714. The quantitative estimate of drug-likeness (QED) is 0.768. The van der Waals surface area contributed by atoms with Gasteiger partial charge in [0.15, 0.2) is 0 Å². The zero-order valence-electron chi connectivity index (χ0n) is 11.7. The summed E-state index contributed by atoms with van der Waals surface area (Å²) >= 11 is 0. The van der Waals surface area contributed by atoms with Gasteiger partial charge in [-0.3, -0.25) is 9.69 Å². The van der Waals surface area contributed by atoms with Gasteiger partial charge in [-0.15, -0.1) is 0 Å². The Morgan fingerprint density at radius 3 is 2.79 bits per heavy atom. The fourth-order valence-corrected chi connectivity index (χ4v) is 3.28. The minimum Gasteiger partial charge on any atom is -0.390 e.